The highest BCUT2D eigenvalue weighted by Crippen LogP contribution is 2.25. The molecule has 0 aromatic heterocycles. The van der Waals surface area contributed by atoms with E-state index in [1.165, 1.54) is 13.2 Å². The van der Waals surface area contributed by atoms with Gasteiger partial charge in [-0.3, -0.25) is 4.79 Å². The lowest BCUT2D eigenvalue weighted by molar-refractivity contribution is -0.116. The molecule has 4 nitrogen and oxygen atoms in total. The van der Waals surface area contributed by atoms with E-state index < -0.39 is 11.6 Å². The Balaban J connectivity index is 1.84. The molecule has 6 heteroatoms. The summed E-state index contributed by atoms with van der Waals surface area (Å²) in [4.78, 5) is 11.7. The number of carbonyl (C=O) groups excluding carboxylic acids is 1. The summed E-state index contributed by atoms with van der Waals surface area (Å²) < 4.78 is 36.4. The van der Waals surface area contributed by atoms with E-state index in [0.29, 0.717) is 11.5 Å². The summed E-state index contributed by atoms with van der Waals surface area (Å²) in [5.74, 6) is -1.23. The van der Waals surface area contributed by atoms with Gasteiger partial charge in [0.1, 0.15) is 0 Å². The Morgan fingerprint density at radius 3 is 2.50 bits per heavy atom. The molecule has 0 radical (unpaired) electrons. The van der Waals surface area contributed by atoms with Crippen molar-refractivity contribution in [1.29, 1.82) is 0 Å². The average molecular weight is 307 g/mol. The van der Waals surface area contributed by atoms with Crippen molar-refractivity contribution in [2.45, 2.75) is 6.42 Å². The molecule has 0 spiro atoms. The van der Waals surface area contributed by atoms with Gasteiger partial charge >= 0.3 is 0 Å². The summed E-state index contributed by atoms with van der Waals surface area (Å²) in [5.41, 5.74) is 0.196. The van der Waals surface area contributed by atoms with Crippen molar-refractivity contribution in [3.05, 3.63) is 54.1 Å². The molecule has 1 amide bonds. The second-order valence-corrected chi connectivity index (χ2v) is 4.43. The molecule has 0 aliphatic rings. The van der Waals surface area contributed by atoms with Gasteiger partial charge in [0, 0.05) is 11.8 Å². The van der Waals surface area contributed by atoms with Crippen LogP contribution in [0.25, 0.3) is 0 Å². The topological polar surface area (TPSA) is 47.6 Å². The largest absolute Gasteiger partial charge is 0.493 e. The van der Waals surface area contributed by atoms with E-state index in [2.05, 4.69) is 5.32 Å². The van der Waals surface area contributed by atoms with Crippen LogP contribution < -0.4 is 14.8 Å². The number of carbonyl (C=O) groups is 1. The first-order valence-electron chi connectivity index (χ1n) is 6.61. The van der Waals surface area contributed by atoms with Gasteiger partial charge in [0.2, 0.25) is 5.91 Å². The summed E-state index contributed by atoms with van der Waals surface area (Å²) in [7, 11) is 1.53. The number of hydrogen-bond donors (Lipinski definition) is 1. The minimum Gasteiger partial charge on any atom is -0.493 e. The first kappa shape index (κ1) is 15.8. The van der Waals surface area contributed by atoms with Crippen LogP contribution in [-0.2, 0) is 4.79 Å². The third-order valence-electron chi connectivity index (χ3n) is 2.86. The van der Waals surface area contributed by atoms with Crippen LogP contribution in [0.15, 0.2) is 42.5 Å². The summed E-state index contributed by atoms with van der Waals surface area (Å²) in [6.07, 6.45) is 0.0665. The van der Waals surface area contributed by atoms with Crippen molar-refractivity contribution >= 4 is 11.6 Å². The van der Waals surface area contributed by atoms with Crippen molar-refractivity contribution in [3.63, 3.8) is 0 Å². The van der Waals surface area contributed by atoms with Crippen LogP contribution in [0.3, 0.4) is 0 Å². The number of methoxy groups -OCH3 is 1. The third-order valence-corrected chi connectivity index (χ3v) is 2.86. The molecule has 2 aromatic rings. The van der Waals surface area contributed by atoms with Crippen LogP contribution in [0.4, 0.5) is 14.5 Å². The highest BCUT2D eigenvalue weighted by molar-refractivity contribution is 5.90. The van der Waals surface area contributed by atoms with Crippen LogP contribution >= 0.6 is 0 Å². The third kappa shape index (κ3) is 4.18. The monoisotopic (exact) mass is 307 g/mol. The number of benzene rings is 2. The normalized spacial score (nSPS) is 10.1. The fraction of sp³-hybridized carbons (Fsp3) is 0.188. The SMILES string of the molecule is COc1ccccc1OCCC(=O)Nc1ccc(F)c(F)c1. The second kappa shape index (κ2) is 7.40. The van der Waals surface area contributed by atoms with E-state index >= 15 is 0 Å². The van der Waals surface area contributed by atoms with Gasteiger partial charge in [-0.25, -0.2) is 8.78 Å². The molecule has 2 rings (SSSR count). The molecule has 0 fully saturated rings. The van der Waals surface area contributed by atoms with Gasteiger partial charge in [-0.1, -0.05) is 12.1 Å². The number of nitrogens with one attached hydrogen (secondary N) is 1. The van der Waals surface area contributed by atoms with Crippen molar-refractivity contribution in [3.8, 4) is 11.5 Å². The van der Waals surface area contributed by atoms with Crippen molar-refractivity contribution in [2.24, 2.45) is 0 Å². The lowest BCUT2D eigenvalue weighted by Crippen LogP contribution is -2.15. The summed E-state index contributed by atoms with van der Waals surface area (Å²) in [5, 5.41) is 2.47. The average Bonchev–Trinajstić information content (AvgIpc) is 2.51. The first-order valence-corrected chi connectivity index (χ1v) is 6.61. The maximum Gasteiger partial charge on any atom is 0.227 e. The van der Waals surface area contributed by atoms with E-state index in [1.807, 2.05) is 6.07 Å². The molecule has 0 aliphatic carbocycles. The van der Waals surface area contributed by atoms with Crippen LogP contribution in [-0.4, -0.2) is 19.6 Å². The molecular formula is C16H15F2NO3. The zero-order valence-electron chi connectivity index (χ0n) is 11.9. The predicted octanol–water partition coefficient (Wildman–Crippen LogP) is 3.38. The Kier molecular flexibility index (Phi) is 5.30. The molecule has 1 N–H and O–H groups in total. The minimum atomic E-state index is -1.01. The Labute approximate surface area is 126 Å². The van der Waals surface area contributed by atoms with E-state index in [-0.39, 0.29) is 24.6 Å². The summed E-state index contributed by atoms with van der Waals surface area (Å²) in [6.45, 7) is 0.135. The highest BCUT2D eigenvalue weighted by Gasteiger charge is 2.08. The maximum absolute atomic E-state index is 13.0. The van der Waals surface area contributed by atoms with Crippen LogP contribution in [0.2, 0.25) is 0 Å². The van der Waals surface area contributed by atoms with Gasteiger partial charge in [0.25, 0.3) is 0 Å². The second-order valence-electron chi connectivity index (χ2n) is 4.43. The molecular weight excluding hydrogens is 292 g/mol. The Morgan fingerprint density at radius 1 is 1.09 bits per heavy atom. The number of hydrogen-bond acceptors (Lipinski definition) is 3. The maximum atomic E-state index is 13.0. The molecule has 0 heterocycles. The Hall–Kier alpha value is -2.63. The van der Waals surface area contributed by atoms with Gasteiger partial charge in [-0.05, 0) is 24.3 Å². The Bertz CT molecular complexity index is 662. The van der Waals surface area contributed by atoms with Gasteiger partial charge in [-0.15, -0.1) is 0 Å². The van der Waals surface area contributed by atoms with Crippen LogP contribution in [0.1, 0.15) is 6.42 Å². The fourth-order valence-corrected chi connectivity index (χ4v) is 1.79. The van der Waals surface area contributed by atoms with Crippen LogP contribution in [0.5, 0.6) is 11.5 Å². The zero-order valence-corrected chi connectivity index (χ0v) is 11.9. The van der Waals surface area contributed by atoms with Crippen LogP contribution in [0, 0.1) is 11.6 Å². The quantitative estimate of drug-likeness (QED) is 0.890. The molecule has 0 aliphatic heterocycles. The smallest absolute Gasteiger partial charge is 0.227 e. The number of rotatable bonds is 6. The van der Waals surface area contributed by atoms with E-state index in [4.69, 9.17) is 9.47 Å². The summed E-state index contributed by atoms with van der Waals surface area (Å²) >= 11 is 0. The van der Waals surface area contributed by atoms with Crippen molar-refractivity contribution in [1.82, 2.24) is 0 Å². The van der Waals surface area contributed by atoms with E-state index in [0.717, 1.165) is 12.1 Å². The lowest BCUT2D eigenvalue weighted by atomic mass is 10.3. The van der Waals surface area contributed by atoms with Gasteiger partial charge in [0.15, 0.2) is 23.1 Å². The zero-order chi connectivity index (χ0) is 15.9. The predicted molar refractivity (Wildman–Crippen MR) is 78.1 cm³/mol. The minimum absolute atomic E-state index is 0.0665. The van der Waals surface area contributed by atoms with Gasteiger partial charge in [-0.2, -0.15) is 0 Å². The number of anilines is 1. The van der Waals surface area contributed by atoms with Gasteiger partial charge < -0.3 is 14.8 Å². The fourth-order valence-electron chi connectivity index (χ4n) is 1.79. The highest BCUT2D eigenvalue weighted by atomic mass is 19.2. The number of ether oxygens (including phenoxy) is 2. The standard InChI is InChI=1S/C16H15F2NO3/c1-21-14-4-2-3-5-15(14)22-9-8-16(20)19-11-6-7-12(17)13(18)10-11/h2-7,10H,8-9H2,1H3,(H,19,20). The molecule has 116 valence electrons. The van der Waals surface area contributed by atoms with Crippen molar-refractivity contribution in [2.75, 3.05) is 19.0 Å². The number of amides is 1. The first-order chi connectivity index (χ1) is 10.6. The van der Waals surface area contributed by atoms with Crippen molar-refractivity contribution < 1.29 is 23.0 Å². The number of halogens is 2. The molecule has 2 aromatic carbocycles. The Morgan fingerprint density at radius 2 is 1.82 bits per heavy atom. The molecule has 0 unspecified atom stereocenters. The summed E-state index contributed by atoms with van der Waals surface area (Å²) in [6, 6.07) is 10.2. The molecule has 0 saturated carbocycles. The van der Waals surface area contributed by atoms with E-state index in [1.54, 1.807) is 18.2 Å². The lowest BCUT2D eigenvalue weighted by Gasteiger charge is -2.10. The number of para-hydroxylation sites is 2. The van der Waals surface area contributed by atoms with E-state index in [9.17, 15) is 13.6 Å². The molecule has 22 heavy (non-hydrogen) atoms. The van der Waals surface area contributed by atoms with Gasteiger partial charge in [0.05, 0.1) is 20.1 Å². The molecule has 0 saturated heterocycles. The molecule has 0 atom stereocenters. The molecule has 0 bridgehead atoms.